The monoisotopic (exact) mass is 355 g/mol. The number of rotatable bonds is 5. The minimum atomic E-state index is -0.828. The number of methoxy groups -OCH3 is 1. The quantitative estimate of drug-likeness (QED) is 0.704. The first-order valence-electron chi connectivity index (χ1n) is 8.87. The highest BCUT2D eigenvalue weighted by molar-refractivity contribution is 5.91. The smallest absolute Gasteiger partial charge is 0.245 e. The Balaban J connectivity index is 1.56. The lowest BCUT2D eigenvalue weighted by Gasteiger charge is -2.16. The van der Waals surface area contributed by atoms with Crippen molar-refractivity contribution in [3.8, 4) is 5.75 Å². The van der Waals surface area contributed by atoms with E-state index in [4.69, 9.17) is 4.74 Å². The maximum absolute atomic E-state index is 13.9. The van der Waals surface area contributed by atoms with Gasteiger partial charge in [-0.25, -0.2) is 9.07 Å². The molecule has 2 aromatic carbocycles. The number of hydrogen-bond donors (Lipinski definition) is 0. The molecule has 4 rings (SSSR count). The van der Waals surface area contributed by atoms with Crippen molar-refractivity contribution in [3.63, 3.8) is 0 Å². The lowest BCUT2D eigenvalue weighted by molar-refractivity contribution is 0.299. The molecule has 6 nitrogen and oxygen atoms in total. The average molecular weight is 355 g/mol. The fraction of sp³-hybridized carbons (Fsp3) is 0.421. The van der Waals surface area contributed by atoms with E-state index < -0.39 is 6.17 Å². The lowest BCUT2D eigenvalue weighted by atomic mass is 10.0. The maximum Gasteiger partial charge on any atom is 0.245 e. The van der Waals surface area contributed by atoms with Gasteiger partial charge >= 0.3 is 0 Å². The number of halogens is 1. The van der Waals surface area contributed by atoms with Crippen molar-refractivity contribution in [2.24, 2.45) is 5.92 Å². The predicted molar refractivity (Wildman–Crippen MR) is 98.3 cm³/mol. The molecule has 1 aromatic heterocycles. The van der Waals surface area contributed by atoms with Crippen LogP contribution in [0.5, 0.6) is 5.75 Å². The zero-order chi connectivity index (χ0) is 18.1. The summed E-state index contributed by atoms with van der Waals surface area (Å²) in [4.78, 5) is 1.93. The Labute approximate surface area is 151 Å². The zero-order valence-electron chi connectivity index (χ0n) is 15.0. The van der Waals surface area contributed by atoms with Crippen molar-refractivity contribution in [2.75, 3.05) is 25.1 Å². The van der Waals surface area contributed by atoms with Crippen molar-refractivity contribution in [1.82, 2.24) is 20.2 Å². The number of nitrogens with zero attached hydrogens (tertiary/aromatic N) is 5. The van der Waals surface area contributed by atoms with Crippen LogP contribution >= 0.6 is 0 Å². The van der Waals surface area contributed by atoms with E-state index in [0.717, 1.165) is 17.6 Å². The van der Waals surface area contributed by atoms with Crippen LogP contribution in [0.3, 0.4) is 0 Å². The van der Waals surface area contributed by atoms with E-state index in [2.05, 4.69) is 33.7 Å². The molecule has 136 valence electrons. The van der Waals surface area contributed by atoms with E-state index in [1.165, 1.54) is 10.9 Å². The Morgan fingerprint density at radius 2 is 1.96 bits per heavy atom. The molecule has 0 unspecified atom stereocenters. The van der Waals surface area contributed by atoms with Crippen LogP contribution in [0.1, 0.15) is 12.5 Å². The van der Waals surface area contributed by atoms with Gasteiger partial charge in [-0.3, -0.25) is 0 Å². The van der Waals surface area contributed by atoms with Gasteiger partial charge < -0.3 is 9.64 Å². The number of fused-ring (bicyclic) bond motifs is 1. The highest BCUT2D eigenvalue weighted by Crippen LogP contribution is 2.29. The van der Waals surface area contributed by atoms with Gasteiger partial charge in [-0.15, -0.1) is 0 Å². The van der Waals surface area contributed by atoms with Crippen LogP contribution in [0.15, 0.2) is 36.4 Å². The molecule has 1 aliphatic rings. The fourth-order valence-electron chi connectivity index (χ4n) is 3.62. The maximum atomic E-state index is 13.9. The van der Waals surface area contributed by atoms with Crippen LogP contribution in [0.25, 0.3) is 10.8 Å². The van der Waals surface area contributed by atoms with E-state index in [0.29, 0.717) is 25.6 Å². The van der Waals surface area contributed by atoms with E-state index in [1.54, 1.807) is 11.8 Å². The second-order valence-corrected chi connectivity index (χ2v) is 6.82. The first kappa shape index (κ1) is 16.8. The molecule has 0 N–H and O–H groups in total. The van der Waals surface area contributed by atoms with E-state index in [9.17, 15) is 4.39 Å². The topological polar surface area (TPSA) is 56.1 Å². The minimum absolute atomic E-state index is 0.00526. The molecule has 0 aliphatic carbocycles. The molecular weight excluding hydrogens is 333 g/mol. The summed E-state index contributed by atoms with van der Waals surface area (Å²) in [5, 5.41) is 14.3. The number of ether oxygens (including phenoxy) is 1. The van der Waals surface area contributed by atoms with Gasteiger partial charge in [0.25, 0.3) is 0 Å². The predicted octanol–water partition coefficient (Wildman–Crippen LogP) is 2.87. The van der Waals surface area contributed by atoms with Crippen molar-refractivity contribution < 1.29 is 9.13 Å². The molecule has 0 radical (unpaired) electrons. The molecule has 0 spiro atoms. The molecule has 1 aliphatic heterocycles. The van der Waals surface area contributed by atoms with Gasteiger partial charge in [-0.2, -0.15) is 0 Å². The van der Waals surface area contributed by atoms with Gasteiger partial charge in [0.2, 0.25) is 5.95 Å². The summed E-state index contributed by atoms with van der Waals surface area (Å²) in [5.74, 6) is 1.52. The van der Waals surface area contributed by atoms with Crippen LogP contribution in [-0.2, 0) is 13.0 Å². The molecule has 1 fully saturated rings. The Hall–Kier alpha value is -2.70. The molecule has 1 saturated heterocycles. The summed E-state index contributed by atoms with van der Waals surface area (Å²) in [6, 6.07) is 12.3. The Morgan fingerprint density at radius 3 is 2.69 bits per heavy atom. The number of anilines is 1. The van der Waals surface area contributed by atoms with Gasteiger partial charge in [-0.05, 0) is 33.9 Å². The van der Waals surface area contributed by atoms with Crippen molar-refractivity contribution in [1.29, 1.82) is 0 Å². The summed E-state index contributed by atoms with van der Waals surface area (Å²) in [7, 11) is 1.68. The lowest BCUT2D eigenvalue weighted by Crippen LogP contribution is -2.25. The van der Waals surface area contributed by atoms with E-state index >= 15 is 0 Å². The number of alkyl halides is 1. The van der Waals surface area contributed by atoms with E-state index in [1.807, 2.05) is 30.0 Å². The van der Waals surface area contributed by atoms with Gasteiger partial charge in [0.15, 0.2) is 0 Å². The standard InChI is InChI=1S/C19H22FN5O/c1-13-11-24(12-17(13)20)19-21-22-23-25(19)10-9-14-7-8-18(26-2)16-6-4-3-5-15(14)16/h3-8,13,17H,9-12H2,1-2H3/t13-,17+/m1/s1. The van der Waals surface area contributed by atoms with Crippen molar-refractivity contribution in [3.05, 3.63) is 42.0 Å². The van der Waals surface area contributed by atoms with Crippen LogP contribution in [-0.4, -0.2) is 46.6 Å². The van der Waals surface area contributed by atoms with Crippen LogP contribution < -0.4 is 9.64 Å². The largest absolute Gasteiger partial charge is 0.496 e. The summed E-state index contributed by atoms with van der Waals surface area (Å²) in [5.41, 5.74) is 1.21. The van der Waals surface area contributed by atoms with Crippen LogP contribution in [0.4, 0.5) is 10.3 Å². The Bertz CT molecular complexity index is 902. The van der Waals surface area contributed by atoms with Crippen molar-refractivity contribution in [2.45, 2.75) is 26.1 Å². The zero-order valence-corrected chi connectivity index (χ0v) is 15.0. The second-order valence-electron chi connectivity index (χ2n) is 6.82. The molecule has 0 saturated carbocycles. The molecule has 2 atom stereocenters. The SMILES string of the molecule is COc1ccc(CCn2nnnc2N2C[C@@H](C)[C@@H](F)C2)c2ccccc12. The summed E-state index contributed by atoms with van der Waals surface area (Å²) in [6.45, 7) is 3.56. The number of hydrogen-bond acceptors (Lipinski definition) is 5. The summed E-state index contributed by atoms with van der Waals surface area (Å²) in [6.07, 6.45) is -0.0453. The summed E-state index contributed by atoms with van der Waals surface area (Å²) < 4.78 is 21.1. The van der Waals surface area contributed by atoms with E-state index in [-0.39, 0.29) is 5.92 Å². The highest BCUT2D eigenvalue weighted by atomic mass is 19.1. The average Bonchev–Trinajstić information content (AvgIpc) is 3.26. The Morgan fingerprint density at radius 1 is 1.15 bits per heavy atom. The molecule has 3 aromatic rings. The second kappa shape index (κ2) is 6.90. The van der Waals surface area contributed by atoms with Gasteiger partial charge in [0, 0.05) is 17.8 Å². The third kappa shape index (κ3) is 2.98. The molecular formula is C19H22FN5O. The fourth-order valence-corrected chi connectivity index (χ4v) is 3.62. The number of tetrazole rings is 1. The third-order valence-corrected chi connectivity index (χ3v) is 5.10. The minimum Gasteiger partial charge on any atom is -0.496 e. The number of aromatic nitrogens is 4. The van der Waals surface area contributed by atoms with Gasteiger partial charge in [0.1, 0.15) is 11.9 Å². The number of aryl methyl sites for hydroxylation is 2. The van der Waals surface area contributed by atoms with Crippen molar-refractivity contribution >= 4 is 16.7 Å². The molecule has 7 heteroatoms. The van der Waals surface area contributed by atoms with Crippen LogP contribution in [0, 0.1) is 5.92 Å². The first-order valence-corrected chi connectivity index (χ1v) is 8.87. The molecule has 26 heavy (non-hydrogen) atoms. The molecule has 0 amide bonds. The van der Waals surface area contributed by atoms with Gasteiger partial charge in [0.05, 0.1) is 20.2 Å². The number of benzene rings is 2. The molecule has 2 heterocycles. The molecule has 0 bridgehead atoms. The third-order valence-electron chi connectivity index (χ3n) is 5.10. The Kier molecular flexibility index (Phi) is 4.44. The first-order chi connectivity index (χ1) is 12.7. The van der Waals surface area contributed by atoms with Crippen LogP contribution in [0.2, 0.25) is 0 Å². The van der Waals surface area contributed by atoms with Gasteiger partial charge in [-0.1, -0.05) is 42.4 Å². The summed E-state index contributed by atoms with van der Waals surface area (Å²) >= 11 is 0. The highest BCUT2D eigenvalue weighted by Gasteiger charge is 2.32. The normalized spacial score (nSPS) is 20.0.